The first-order chi connectivity index (χ1) is 15.6. The van der Waals surface area contributed by atoms with Crippen molar-refractivity contribution in [3.63, 3.8) is 0 Å². The zero-order valence-electron chi connectivity index (χ0n) is 19.0. The number of carbonyl (C=O) groups excluding carboxylic acids is 2. The Balaban J connectivity index is 1.73. The summed E-state index contributed by atoms with van der Waals surface area (Å²) in [5.41, 5.74) is 1.68. The van der Waals surface area contributed by atoms with Crippen molar-refractivity contribution in [3.8, 4) is 0 Å². The number of ether oxygens (including phenoxy) is 1. The molecule has 1 N–H and O–H groups in total. The van der Waals surface area contributed by atoms with Crippen molar-refractivity contribution in [2.75, 3.05) is 18.4 Å². The number of hydrogen-bond donors (Lipinski definition) is 1. The van der Waals surface area contributed by atoms with Gasteiger partial charge in [0.05, 0.1) is 10.6 Å². The third-order valence-electron chi connectivity index (χ3n) is 5.86. The quantitative estimate of drug-likeness (QED) is 0.533. The Labute approximate surface area is 200 Å². The summed E-state index contributed by atoms with van der Waals surface area (Å²) in [4.78, 5) is 25.2. The van der Waals surface area contributed by atoms with Crippen LogP contribution in [0.25, 0.3) is 0 Å². The second-order valence-corrected chi connectivity index (χ2v) is 10.5. The van der Waals surface area contributed by atoms with Gasteiger partial charge in [-0.15, -0.1) is 0 Å². The van der Waals surface area contributed by atoms with E-state index in [-0.39, 0.29) is 21.4 Å². The molecule has 1 aliphatic heterocycles. The highest BCUT2D eigenvalue weighted by Crippen LogP contribution is 2.29. The number of nitrogens with zero attached hydrogens (tertiary/aromatic N) is 1. The summed E-state index contributed by atoms with van der Waals surface area (Å²) in [6.07, 6.45) is 1.39. The van der Waals surface area contributed by atoms with Gasteiger partial charge < -0.3 is 10.1 Å². The lowest BCUT2D eigenvalue weighted by molar-refractivity contribution is -0.123. The van der Waals surface area contributed by atoms with Crippen LogP contribution in [0.2, 0.25) is 5.02 Å². The first-order valence-corrected chi connectivity index (χ1v) is 12.9. The van der Waals surface area contributed by atoms with Crippen LogP contribution >= 0.6 is 11.6 Å². The van der Waals surface area contributed by atoms with Crippen LogP contribution in [0, 0.1) is 0 Å². The summed E-state index contributed by atoms with van der Waals surface area (Å²) in [7, 11) is -3.81. The molecule has 0 saturated carbocycles. The van der Waals surface area contributed by atoms with Gasteiger partial charge >= 0.3 is 5.97 Å². The molecule has 1 aliphatic rings. The van der Waals surface area contributed by atoms with E-state index in [1.54, 1.807) is 0 Å². The van der Waals surface area contributed by atoms with Crippen molar-refractivity contribution in [1.82, 2.24) is 4.31 Å². The van der Waals surface area contributed by atoms with Crippen LogP contribution in [0.4, 0.5) is 5.69 Å². The van der Waals surface area contributed by atoms with E-state index in [0.29, 0.717) is 18.8 Å². The summed E-state index contributed by atoms with van der Waals surface area (Å²) in [6, 6.07) is 11.5. The van der Waals surface area contributed by atoms with E-state index in [2.05, 4.69) is 19.2 Å². The Hall–Kier alpha value is -2.42. The fraction of sp³-hybridized carbons (Fsp3) is 0.417. The third-order valence-corrected chi connectivity index (χ3v) is 8.24. The molecule has 2 aromatic carbocycles. The number of benzene rings is 2. The molecule has 0 bridgehead atoms. The summed E-state index contributed by atoms with van der Waals surface area (Å²) in [5, 5.41) is 2.86. The Morgan fingerprint density at radius 2 is 1.79 bits per heavy atom. The van der Waals surface area contributed by atoms with Crippen LogP contribution in [-0.2, 0) is 19.6 Å². The molecular weight excluding hydrogens is 464 g/mol. The standard InChI is InChI=1S/C24H29ClN2O5S/c1-4-16(2)19-9-5-6-10-21(19)26-23(28)17(3)32-24(29)18-11-12-20(25)22(15-18)33(30,31)27-13-7-8-14-27/h5-6,9-12,15-17H,4,7-8,13-14H2,1-3H3,(H,26,28). The lowest BCUT2D eigenvalue weighted by Gasteiger charge is -2.19. The zero-order valence-corrected chi connectivity index (χ0v) is 20.6. The van der Waals surface area contributed by atoms with E-state index in [0.717, 1.165) is 24.8 Å². The van der Waals surface area contributed by atoms with Gasteiger partial charge in [-0.05, 0) is 61.9 Å². The summed E-state index contributed by atoms with van der Waals surface area (Å²) < 4.78 is 32.5. The Kier molecular flexibility index (Phi) is 8.15. The van der Waals surface area contributed by atoms with E-state index in [4.69, 9.17) is 16.3 Å². The fourth-order valence-electron chi connectivity index (χ4n) is 3.67. The van der Waals surface area contributed by atoms with Crippen molar-refractivity contribution in [2.24, 2.45) is 0 Å². The molecule has 1 fully saturated rings. The van der Waals surface area contributed by atoms with E-state index in [1.165, 1.54) is 29.4 Å². The Morgan fingerprint density at radius 1 is 1.12 bits per heavy atom. The molecule has 0 spiro atoms. The second-order valence-electron chi connectivity index (χ2n) is 8.19. The Bertz CT molecular complexity index is 1130. The van der Waals surface area contributed by atoms with Gasteiger partial charge in [-0.1, -0.05) is 43.6 Å². The maximum absolute atomic E-state index is 12.9. The maximum Gasteiger partial charge on any atom is 0.338 e. The highest BCUT2D eigenvalue weighted by molar-refractivity contribution is 7.89. The normalized spacial score (nSPS) is 16.2. The second kappa shape index (κ2) is 10.7. The minimum Gasteiger partial charge on any atom is -0.449 e. The van der Waals surface area contributed by atoms with Crippen LogP contribution < -0.4 is 5.32 Å². The predicted molar refractivity (Wildman–Crippen MR) is 128 cm³/mol. The highest BCUT2D eigenvalue weighted by Gasteiger charge is 2.30. The average Bonchev–Trinajstić information content (AvgIpc) is 3.35. The fourth-order valence-corrected chi connectivity index (χ4v) is 5.69. The number of amides is 1. The van der Waals surface area contributed by atoms with Gasteiger partial charge in [-0.2, -0.15) is 4.31 Å². The molecule has 1 heterocycles. The molecule has 1 amide bonds. The van der Waals surface area contributed by atoms with Crippen LogP contribution in [0.15, 0.2) is 47.4 Å². The van der Waals surface area contributed by atoms with Crippen molar-refractivity contribution in [2.45, 2.75) is 57.0 Å². The highest BCUT2D eigenvalue weighted by atomic mass is 35.5. The lowest BCUT2D eigenvalue weighted by Crippen LogP contribution is -2.31. The van der Waals surface area contributed by atoms with Gasteiger partial charge in [0.15, 0.2) is 6.10 Å². The van der Waals surface area contributed by atoms with Crippen LogP contribution in [-0.4, -0.2) is 43.8 Å². The number of carbonyl (C=O) groups is 2. The molecule has 9 heteroatoms. The third kappa shape index (κ3) is 5.75. The zero-order chi connectivity index (χ0) is 24.2. The molecule has 1 saturated heterocycles. The average molecular weight is 493 g/mol. The smallest absolute Gasteiger partial charge is 0.338 e. The number of sulfonamides is 1. The molecule has 7 nitrogen and oxygen atoms in total. The maximum atomic E-state index is 12.9. The molecule has 33 heavy (non-hydrogen) atoms. The SMILES string of the molecule is CCC(C)c1ccccc1NC(=O)C(C)OC(=O)c1ccc(Cl)c(S(=O)(=O)N2CCCC2)c1. The van der Waals surface area contributed by atoms with Crippen molar-refractivity contribution in [3.05, 3.63) is 58.6 Å². The molecule has 0 aliphatic carbocycles. The van der Waals surface area contributed by atoms with Crippen molar-refractivity contribution >= 4 is 39.2 Å². The summed E-state index contributed by atoms with van der Waals surface area (Å²) in [6.45, 7) is 6.45. The van der Waals surface area contributed by atoms with Crippen molar-refractivity contribution < 1.29 is 22.7 Å². The number of nitrogens with one attached hydrogen (secondary N) is 1. The molecular formula is C24H29ClN2O5S. The van der Waals surface area contributed by atoms with Crippen LogP contribution in [0.3, 0.4) is 0 Å². The van der Waals surface area contributed by atoms with Gasteiger partial charge in [0.25, 0.3) is 5.91 Å². The van der Waals surface area contributed by atoms with Gasteiger partial charge in [0.2, 0.25) is 10.0 Å². The van der Waals surface area contributed by atoms with Gasteiger partial charge in [0, 0.05) is 18.8 Å². The first kappa shape index (κ1) is 25.2. The summed E-state index contributed by atoms with van der Waals surface area (Å²) in [5.74, 6) is -1.02. The monoisotopic (exact) mass is 492 g/mol. The molecule has 3 rings (SSSR count). The molecule has 2 atom stereocenters. The van der Waals surface area contributed by atoms with Gasteiger partial charge in [0.1, 0.15) is 4.90 Å². The number of rotatable bonds is 8. The minimum atomic E-state index is -3.81. The van der Waals surface area contributed by atoms with E-state index >= 15 is 0 Å². The first-order valence-electron chi connectivity index (χ1n) is 11.1. The van der Waals surface area contributed by atoms with E-state index in [9.17, 15) is 18.0 Å². The number of hydrogen-bond acceptors (Lipinski definition) is 5. The topological polar surface area (TPSA) is 92.8 Å². The van der Waals surface area contributed by atoms with Crippen LogP contribution in [0.1, 0.15) is 61.9 Å². The number of para-hydroxylation sites is 1. The predicted octanol–water partition coefficient (Wildman–Crippen LogP) is 4.82. The van der Waals surface area contributed by atoms with Crippen LogP contribution in [0.5, 0.6) is 0 Å². The van der Waals surface area contributed by atoms with Gasteiger partial charge in [-0.3, -0.25) is 4.79 Å². The largest absolute Gasteiger partial charge is 0.449 e. The number of anilines is 1. The molecule has 2 aromatic rings. The number of esters is 1. The Morgan fingerprint density at radius 3 is 2.45 bits per heavy atom. The number of halogens is 1. The van der Waals surface area contributed by atoms with E-state index in [1.807, 2.05) is 24.3 Å². The molecule has 2 unspecified atom stereocenters. The molecule has 178 valence electrons. The molecule has 0 radical (unpaired) electrons. The molecule has 0 aromatic heterocycles. The van der Waals surface area contributed by atoms with E-state index < -0.39 is 28.0 Å². The minimum absolute atomic E-state index is 0.0110. The van der Waals surface area contributed by atoms with Crippen molar-refractivity contribution in [1.29, 1.82) is 0 Å². The van der Waals surface area contributed by atoms with Gasteiger partial charge in [-0.25, -0.2) is 13.2 Å². The lowest BCUT2D eigenvalue weighted by atomic mass is 9.97. The summed E-state index contributed by atoms with van der Waals surface area (Å²) >= 11 is 6.14.